The predicted molar refractivity (Wildman–Crippen MR) is 78.4 cm³/mol. The highest BCUT2D eigenvalue weighted by molar-refractivity contribution is 6.00. The molecule has 2 aromatic carbocycles. The molecule has 1 N–H and O–H groups in total. The number of nitrogens with one attached hydrogen (secondary N) is 1. The van der Waals surface area contributed by atoms with E-state index in [0.29, 0.717) is 12.5 Å². The maximum atomic E-state index is 11.7. The molecular weight excluding hydrogens is 238 g/mol. The van der Waals surface area contributed by atoms with Crippen molar-refractivity contribution in [2.24, 2.45) is 5.92 Å². The van der Waals surface area contributed by atoms with Crippen LogP contribution in [0.25, 0.3) is 10.8 Å². The van der Waals surface area contributed by atoms with Crippen LogP contribution in [0, 0.1) is 5.92 Å². The molecule has 1 atom stereocenters. The monoisotopic (exact) mass is 257 g/mol. The van der Waals surface area contributed by atoms with Gasteiger partial charge in [0.05, 0.1) is 12.3 Å². The second-order valence-corrected chi connectivity index (χ2v) is 4.76. The third-order valence-corrected chi connectivity index (χ3v) is 3.22. The van der Waals surface area contributed by atoms with Crippen LogP contribution < -0.4 is 5.32 Å². The van der Waals surface area contributed by atoms with Gasteiger partial charge in [0, 0.05) is 5.39 Å². The highest BCUT2D eigenvalue weighted by Gasteiger charge is 2.08. The van der Waals surface area contributed by atoms with E-state index in [0.717, 1.165) is 22.9 Å². The number of rotatable bonds is 4. The Kier molecular flexibility index (Phi) is 4.39. The van der Waals surface area contributed by atoms with Gasteiger partial charge in [0.15, 0.2) is 0 Å². The zero-order valence-corrected chi connectivity index (χ0v) is 11.3. The van der Waals surface area contributed by atoms with Gasteiger partial charge < -0.3 is 4.74 Å². The van der Waals surface area contributed by atoms with Crippen molar-refractivity contribution in [3.05, 3.63) is 42.5 Å². The minimum Gasteiger partial charge on any atom is -0.449 e. The van der Waals surface area contributed by atoms with Gasteiger partial charge in [-0.1, -0.05) is 56.7 Å². The van der Waals surface area contributed by atoms with Crippen molar-refractivity contribution in [2.45, 2.75) is 20.3 Å². The summed E-state index contributed by atoms with van der Waals surface area (Å²) in [5.41, 5.74) is 0.784. The van der Waals surface area contributed by atoms with Gasteiger partial charge in [-0.2, -0.15) is 0 Å². The molecule has 0 heterocycles. The lowest BCUT2D eigenvalue weighted by Gasteiger charge is -2.12. The quantitative estimate of drug-likeness (QED) is 0.879. The average Bonchev–Trinajstić information content (AvgIpc) is 2.45. The SMILES string of the molecule is CCC(C)COC(=O)Nc1cccc2ccccc12. The van der Waals surface area contributed by atoms with Gasteiger partial charge in [-0.15, -0.1) is 0 Å². The molecule has 0 spiro atoms. The van der Waals surface area contributed by atoms with Crippen LogP contribution in [-0.4, -0.2) is 12.7 Å². The van der Waals surface area contributed by atoms with Crippen LogP contribution in [0.3, 0.4) is 0 Å². The molecule has 2 aromatic rings. The summed E-state index contributed by atoms with van der Waals surface area (Å²) >= 11 is 0. The lowest BCUT2D eigenvalue weighted by Crippen LogP contribution is -2.17. The summed E-state index contributed by atoms with van der Waals surface area (Å²) < 4.78 is 5.20. The van der Waals surface area contributed by atoms with Gasteiger partial charge in [0.1, 0.15) is 0 Å². The van der Waals surface area contributed by atoms with Gasteiger partial charge >= 0.3 is 6.09 Å². The number of ether oxygens (including phenoxy) is 1. The lowest BCUT2D eigenvalue weighted by molar-refractivity contribution is 0.143. The van der Waals surface area contributed by atoms with E-state index in [1.54, 1.807) is 0 Å². The molecule has 100 valence electrons. The Labute approximate surface area is 113 Å². The second-order valence-electron chi connectivity index (χ2n) is 4.76. The Morgan fingerprint density at radius 3 is 2.74 bits per heavy atom. The normalized spacial score (nSPS) is 12.1. The van der Waals surface area contributed by atoms with Crippen molar-refractivity contribution in [1.82, 2.24) is 0 Å². The summed E-state index contributed by atoms with van der Waals surface area (Å²) in [6.45, 7) is 4.59. The molecule has 2 rings (SSSR count). The van der Waals surface area contributed by atoms with Crippen molar-refractivity contribution in [1.29, 1.82) is 0 Å². The molecule has 0 radical (unpaired) electrons. The fourth-order valence-corrected chi connectivity index (χ4v) is 1.82. The van der Waals surface area contributed by atoms with Gasteiger partial charge in [-0.25, -0.2) is 4.79 Å². The molecule has 0 aliphatic rings. The molecule has 19 heavy (non-hydrogen) atoms. The number of hydrogen-bond donors (Lipinski definition) is 1. The fourth-order valence-electron chi connectivity index (χ4n) is 1.82. The fraction of sp³-hybridized carbons (Fsp3) is 0.312. The largest absolute Gasteiger partial charge is 0.449 e. The topological polar surface area (TPSA) is 38.3 Å². The summed E-state index contributed by atoms with van der Waals surface area (Å²) in [7, 11) is 0. The van der Waals surface area contributed by atoms with Crippen LogP contribution in [0.4, 0.5) is 10.5 Å². The van der Waals surface area contributed by atoms with Crippen LogP contribution in [0.15, 0.2) is 42.5 Å². The van der Waals surface area contributed by atoms with Crippen molar-refractivity contribution in [3.8, 4) is 0 Å². The van der Waals surface area contributed by atoms with Crippen molar-refractivity contribution in [3.63, 3.8) is 0 Å². The van der Waals surface area contributed by atoms with Gasteiger partial charge in [-0.05, 0) is 17.4 Å². The standard InChI is InChI=1S/C16H19NO2/c1-3-12(2)11-19-16(18)17-15-10-6-8-13-7-4-5-9-14(13)15/h4-10,12H,3,11H2,1-2H3,(H,17,18). The molecular formula is C16H19NO2. The maximum Gasteiger partial charge on any atom is 0.411 e. The van der Waals surface area contributed by atoms with E-state index in [1.165, 1.54) is 0 Å². The first-order valence-corrected chi connectivity index (χ1v) is 6.62. The Hall–Kier alpha value is -2.03. The molecule has 1 amide bonds. The first-order chi connectivity index (χ1) is 9.20. The second kappa shape index (κ2) is 6.23. The molecule has 0 fully saturated rings. The lowest BCUT2D eigenvalue weighted by atomic mass is 10.1. The first-order valence-electron chi connectivity index (χ1n) is 6.62. The molecule has 0 saturated heterocycles. The van der Waals surface area contributed by atoms with E-state index >= 15 is 0 Å². The number of carbonyl (C=O) groups is 1. The van der Waals surface area contributed by atoms with Crippen molar-refractivity contribution < 1.29 is 9.53 Å². The zero-order chi connectivity index (χ0) is 13.7. The highest BCUT2D eigenvalue weighted by Crippen LogP contribution is 2.23. The average molecular weight is 257 g/mol. The third kappa shape index (κ3) is 3.47. The number of benzene rings is 2. The van der Waals surface area contributed by atoms with Crippen molar-refractivity contribution >= 4 is 22.6 Å². The van der Waals surface area contributed by atoms with Crippen LogP contribution in [0.2, 0.25) is 0 Å². The Morgan fingerprint density at radius 2 is 1.95 bits per heavy atom. The van der Waals surface area contributed by atoms with Gasteiger partial charge in [0.25, 0.3) is 0 Å². The van der Waals surface area contributed by atoms with Crippen LogP contribution in [-0.2, 0) is 4.74 Å². The Morgan fingerprint density at radius 1 is 1.21 bits per heavy atom. The molecule has 0 bridgehead atoms. The summed E-state index contributed by atoms with van der Waals surface area (Å²) in [4.78, 5) is 11.7. The van der Waals surface area contributed by atoms with Crippen LogP contribution >= 0.6 is 0 Å². The first kappa shape index (κ1) is 13.4. The number of hydrogen-bond acceptors (Lipinski definition) is 2. The van der Waals surface area contributed by atoms with E-state index in [9.17, 15) is 4.79 Å². The van der Waals surface area contributed by atoms with E-state index in [4.69, 9.17) is 4.74 Å². The highest BCUT2D eigenvalue weighted by atomic mass is 16.5. The Balaban J connectivity index is 2.07. The summed E-state index contributed by atoms with van der Waals surface area (Å²) in [5.74, 6) is 0.387. The molecule has 0 aromatic heterocycles. The van der Waals surface area contributed by atoms with E-state index in [1.807, 2.05) is 42.5 Å². The van der Waals surface area contributed by atoms with E-state index in [2.05, 4.69) is 19.2 Å². The van der Waals surface area contributed by atoms with E-state index < -0.39 is 6.09 Å². The Bertz CT molecular complexity index is 560. The summed E-state index contributed by atoms with van der Waals surface area (Å²) in [6, 6.07) is 13.8. The van der Waals surface area contributed by atoms with Crippen LogP contribution in [0.1, 0.15) is 20.3 Å². The van der Waals surface area contributed by atoms with Crippen molar-refractivity contribution in [2.75, 3.05) is 11.9 Å². The molecule has 1 unspecified atom stereocenters. The molecule has 3 heteroatoms. The molecule has 0 aliphatic carbocycles. The minimum absolute atomic E-state index is 0.387. The predicted octanol–water partition coefficient (Wildman–Crippen LogP) is 4.43. The summed E-state index contributed by atoms with van der Waals surface area (Å²) in [5, 5.41) is 4.92. The number of amides is 1. The molecule has 0 saturated carbocycles. The smallest absolute Gasteiger partial charge is 0.411 e. The number of anilines is 1. The van der Waals surface area contributed by atoms with Gasteiger partial charge in [0.2, 0.25) is 0 Å². The molecule has 0 aliphatic heterocycles. The molecule has 3 nitrogen and oxygen atoms in total. The zero-order valence-electron chi connectivity index (χ0n) is 11.3. The number of fused-ring (bicyclic) bond motifs is 1. The van der Waals surface area contributed by atoms with Gasteiger partial charge in [-0.3, -0.25) is 5.32 Å². The van der Waals surface area contributed by atoms with E-state index in [-0.39, 0.29) is 0 Å². The minimum atomic E-state index is -0.392. The third-order valence-electron chi connectivity index (χ3n) is 3.22. The number of carbonyl (C=O) groups excluding carboxylic acids is 1. The summed E-state index contributed by atoms with van der Waals surface area (Å²) in [6.07, 6.45) is 0.610. The van der Waals surface area contributed by atoms with Crippen LogP contribution in [0.5, 0.6) is 0 Å². The maximum absolute atomic E-state index is 11.7.